The summed E-state index contributed by atoms with van der Waals surface area (Å²) in [6.45, 7) is -5.06. The Labute approximate surface area is 354 Å². The van der Waals surface area contributed by atoms with Crippen molar-refractivity contribution >= 4 is 82.9 Å². The standard InChI is InChI=1S/C30H39FN10O17P2S2/c1-11(2)53-29(45)49-9-61-59(47)51-5-13-18(42)20(26(55-13)41-8-35-17-22(41)37-28(33)39-24(17)44)58-60(48,62-10-50-30(46)54-12(3)4)52-6-14-19(57-59)15(31)25(56-14)40-7-34-16-21(40)36-27(32)38-23(16)43/h7-8,11-15,18-20,25-26,42H,5-6,9-10H2,1-4H3,(H3,32,36,38,43)(H3,33,37,39,44)/t13-,14-,15+,18?,19?,20+,25-,26-,59?,60?/m1/s1. The Hall–Kier alpha value is -4.35. The number of nitrogens with zero attached hydrogens (tertiary/aromatic N) is 6. The number of hydrogen-bond acceptors (Lipinski definition) is 25. The van der Waals surface area contributed by atoms with Crippen molar-refractivity contribution in [2.45, 2.75) is 89.1 Å². The van der Waals surface area contributed by atoms with Crippen LogP contribution in [-0.4, -0.2) is 130 Å². The zero-order valence-corrected chi connectivity index (χ0v) is 36.1. The Morgan fingerprint density at radius 1 is 0.823 bits per heavy atom. The highest BCUT2D eigenvalue weighted by Crippen LogP contribution is 2.66. The monoisotopic (exact) mass is 956 g/mol. The van der Waals surface area contributed by atoms with E-state index in [0.717, 1.165) is 21.8 Å². The van der Waals surface area contributed by atoms with Crippen LogP contribution in [0.15, 0.2) is 22.2 Å². The Morgan fingerprint density at radius 3 is 1.77 bits per heavy atom. The summed E-state index contributed by atoms with van der Waals surface area (Å²) in [4.78, 5) is 70.5. The van der Waals surface area contributed by atoms with Crippen LogP contribution in [0.2, 0.25) is 0 Å². The Morgan fingerprint density at radius 2 is 1.27 bits per heavy atom. The molecule has 27 nitrogen and oxygen atoms in total. The molecular formula is C30H39FN10O17P2S2. The molecule has 0 aliphatic carbocycles. The summed E-state index contributed by atoms with van der Waals surface area (Å²) in [6, 6.07) is 0. The van der Waals surface area contributed by atoms with Gasteiger partial charge in [-0.2, -0.15) is 9.97 Å². The van der Waals surface area contributed by atoms with Crippen molar-refractivity contribution in [1.82, 2.24) is 39.0 Å². The first-order valence-corrected chi connectivity index (χ1v) is 24.5. The molecule has 32 heteroatoms. The molecule has 4 unspecified atom stereocenters. The second-order valence-corrected chi connectivity index (χ2v) is 21.8. The first kappa shape index (κ1) is 45.7. The zero-order valence-electron chi connectivity index (χ0n) is 32.7. The van der Waals surface area contributed by atoms with E-state index < -0.39 is 123 Å². The zero-order chi connectivity index (χ0) is 44.7. The number of rotatable bonds is 10. The summed E-state index contributed by atoms with van der Waals surface area (Å²) in [6.07, 6.45) is -15.7. The minimum absolute atomic E-state index is 0.162. The van der Waals surface area contributed by atoms with Crippen LogP contribution in [0.4, 0.5) is 25.9 Å². The van der Waals surface area contributed by atoms with Crippen molar-refractivity contribution in [2.24, 2.45) is 0 Å². The van der Waals surface area contributed by atoms with Gasteiger partial charge in [-0.25, -0.2) is 33.1 Å². The first-order chi connectivity index (χ1) is 29.3. The molecule has 7 rings (SSSR count). The molecule has 3 saturated heterocycles. The molecule has 10 atom stereocenters. The number of nitrogen functional groups attached to an aromatic ring is 2. The molecular weight excluding hydrogens is 917 g/mol. The summed E-state index contributed by atoms with van der Waals surface area (Å²) >= 11 is 0.585. The first-order valence-electron chi connectivity index (χ1n) is 18.2. The average Bonchev–Trinajstić information content (AvgIpc) is 3.94. The number of anilines is 2. The predicted octanol–water partition coefficient (Wildman–Crippen LogP) is 2.45. The van der Waals surface area contributed by atoms with Crippen LogP contribution in [0, 0.1) is 0 Å². The molecule has 7 heterocycles. The molecule has 3 aliphatic rings. The number of H-pyrrole nitrogens is 2. The van der Waals surface area contributed by atoms with E-state index in [2.05, 4.69) is 29.9 Å². The number of fused-ring (bicyclic) bond motifs is 5. The fraction of sp³-hybridized carbons (Fsp3) is 0.600. The van der Waals surface area contributed by atoms with Crippen molar-refractivity contribution in [3.63, 3.8) is 0 Å². The molecule has 7 N–H and O–H groups in total. The minimum atomic E-state index is -4.79. The molecule has 0 radical (unpaired) electrons. The number of nitrogens with one attached hydrogen (secondary N) is 2. The van der Waals surface area contributed by atoms with Crippen molar-refractivity contribution in [2.75, 3.05) is 36.6 Å². The summed E-state index contributed by atoms with van der Waals surface area (Å²) in [5, 5.41) is 11.7. The molecule has 0 saturated carbocycles. The van der Waals surface area contributed by atoms with Crippen LogP contribution >= 0.6 is 36.4 Å². The Kier molecular flexibility index (Phi) is 13.6. The maximum absolute atomic E-state index is 16.9. The summed E-state index contributed by atoms with van der Waals surface area (Å²) in [5.41, 5.74) is 9.22. The Balaban J connectivity index is 1.27. The molecule has 2 bridgehead atoms. The van der Waals surface area contributed by atoms with Gasteiger partial charge in [0.05, 0.1) is 38.1 Å². The average molecular weight is 957 g/mol. The third-order valence-electron chi connectivity index (χ3n) is 8.76. The predicted molar refractivity (Wildman–Crippen MR) is 211 cm³/mol. The van der Waals surface area contributed by atoms with Gasteiger partial charge in [0.2, 0.25) is 11.9 Å². The van der Waals surface area contributed by atoms with E-state index >= 15 is 4.39 Å². The number of ether oxygens (including phenoxy) is 6. The fourth-order valence-corrected chi connectivity index (χ4v) is 11.7. The number of halogens is 1. The van der Waals surface area contributed by atoms with E-state index in [1.807, 2.05) is 0 Å². The molecule has 0 amide bonds. The lowest BCUT2D eigenvalue weighted by Crippen LogP contribution is -2.35. The van der Waals surface area contributed by atoms with Gasteiger partial charge in [-0.15, -0.1) is 0 Å². The van der Waals surface area contributed by atoms with Gasteiger partial charge in [-0.05, 0) is 27.7 Å². The van der Waals surface area contributed by atoms with Gasteiger partial charge >= 0.3 is 25.9 Å². The van der Waals surface area contributed by atoms with Crippen LogP contribution in [-0.2, 0) is 55.6 Å². The van der Waals surface area contributed by atoms with Crippen LogP contribution in [0.5, 0.6) is 0 Å². The van der Waals surface area contributed by atoms with E-state index in [4.69, 9.17) is 58.0 Å². The highest BCUT2D eigenvalue weighted by molar-refractivity contribution is 8.55. The number of aliphatic hydroxyl groups excluding tert-OH is 1. The van der Waals surface area contributed by atoms with Gasteiger partial charge in [-0.3, -0.25) is 46.8 Å². The molecule has 3 fully saturated rings. The molecule has 3 aliphatic heterocycles. The summed E-state index contributed by atoms with van der Waals surface area (Å²) < 4.78 is 104. The molecule has 62 heavy (non-hydrogen) atoms. The topological polar surface area (TPSA) is 360 Å². The third kappa shape index (κ3) is 9.89. The van der Waals surface area contributed by atoms with Gasteiger partial charge in [0.15, 0.2) is 52.8 Å². The fourth-order valence-electron chi connectivity index (χ4n) is 6.18. The minimum Gasteiger partial charge on any atom is -0.432 e. The number of imidazole rings is 2. The lowest BCUT2D eigenvalue weighted by Gasteiger charge is -2.28. The van der Waals surface area contributed by atoms with Gasteiger partial charge in [0.25, 0.3) is 11.1 Å². The molecule has 4 aromatic heterocycles. The van der Waals surface area contributed by atoms with Gasteiger partial charge in [-0.1, -0.05) is 0 Å². The summed E-state index contributed by atoms with van der Waals surface area (Å²) in [7, 11) is 0. The maximum Gasteiger partial charge on any atom is 0.509 e. The van der Waals surface area contributed by atoms with Crippen molar-refractivity contribution < 1.29 is 74.7 Å². The number of aromatic nitrogens is 8. The van der Waals surface area contributed by atoms with E-state index in [9.17, 15) is 33.4 Å². The normalized spacial score (nSPS) is 30.5. The van der Waals surface area contributed by atoms with Crippen LogP contribution in [0.1, 0.15) is 40.2 Å². The lowest BCUT2D eigenvalue weighted by atomic mass is 10.1. The van der Waals surface area contributed by atoms with E-state index in [1.54, 1.807) is 27.7 Å². The van der Waals surface area contributed by atoms with Crippen LogP contribution in [0.3, 0.4) is 0 Å². The number of aromatic amines is 2. The molecule has 4 aromatic rings. The van der Waals surface area contributed by atoms with Gasteiger partial charge < -0.3 is 45.0 Å². The van der Waals surface area contributed by atoms with Crippen LogP contribution < -0.4 is 22.6 Å². The quantitative estimate of drug-likeness (QED) is 0.0865. The molecule has 0 spiro atoms. The summed E-state index contributed by atoms with van der Waals surface area (Å²) in [5.74, 6) is -2.12. The second kappa shape index (κ2) is 18.4. The molecule has 0 aromatic carbocycles. The second-order valence-electron chi connectivity index (χ2n) is 13.9. The van der Waals surface area contributed by atoms with Crippen molar-refractivity contribution in [3.05, 3.63) is 33.4 Å². The van der Waals surface area contributed by atoms with Crippen LogP contribution in [0.25, 0.3) is 22.3 Å². The number of aliphatic hydroxyl groups is 1. The van der Waals surface area contributed by atoms with Gasteiger partial charge in [0.1, 0.15) is 30.5 Å². The smallest absolute Gasteiger partial charge is 0.432 e. The Bertz CT molecular complexity index is 2530. The van der Waals surface area contributed by atoms with E-state index in [-0.39, 0.29) is 45.6 Å². The largest absolute Gasteiger partial charge is 0.509 e. The van der Waals surface area contributed by atoms with Gasteiger partial charge in [0, 0.05) is 22.8 Å². The van der Waals surface area contributed by atoms with E-state index in [0.29, 0.717) is 11.4 Å². The SMILES string of the molecule is CC(C)OC(=O)OCSP1(=O)OC[C@H]2O[C@@H](n3cnc4c(=O)[nH]c(N)nc43)[C@@H](OP(=O)(SCOC(=O)OC(C)C)OC[C@H]3O[C@@H](n4cnc5c(=O)[nH]c(N)nc54)[C@@H](F)C3O1)C2O. The number of nitrogens with two attached hydrogens (primary N) is 2. The lowest BCUT2D eigenvalue weighted by molar-refractivity contribution is -0.0569. The molecule has 340 valence electrons. The number of carbonyl (C=O) groups is 2. The number of carbonyl (C=O) groups excluding carboxylic acids is 2. The van der Waals surface area contributed by atoms with Crippen molar-refractivity contribution in [3.8, 4) is 0 Å². The van der Waals surface area contributed by atoms with E-state index in [1.165, 1.54) is 0 Å². The number of hydrogen-bond donors (Lipinski definition) is 5. The van der Waals surface area contributed by atoms with Crippen molar-refractivity contribution in [1.29, 1.82) is 0 Å². The third-order valence-corrected chi connectivity index (χ3v) is 15.5. The highest BCUT2D eigenvalue weighted by Gasteiger charge is 2.55. The number of alkyl halides is 1. The highest BCUT2D eigenvalue weighted by atomic mass is 32.7. The maximum atomic E-state index is 16.9.